The molecule has 2 heterocycles. The summed E-state index contributed by atoms with van der Waals surface area (Å²) in [5.74, 6) is 0. The predicted molar refractivity (Wildman–Crippen MR) is 389 cm³/mol. The molecule has 91 heavy (non-hydrogen) atoms. The summed E-state index contributed by atoms with van der Waals surface area (Å²) in [4.78, 5) is 2.35. The molecule has 3 nitrogen and oxygen atoms in total. The van der Waals surface area contributed by atoms with Crippen molar-refractivity contribution in [2.45, 2.75) is 0 Å². The SMILES string of the molecule is c1ccc(-c2ccc(-n3c4ccccc4c4c5ccc6cccc7ccc(cc43)c5c76)cc2)cc1.c1ccc(N(c2ccc(-c3ccc(-n4c5cc(-c6cccc7ccccc67)ccc5c5c6ccccc6ccc54)cc3)cc2)c2cccc3ccccc23)cc1. The summed E-state index contributed by atoms with van der Waals surface area (Å²) < 4.78 is 4.87. The van der Waals surface area contributed by atoms with Gasteiger partial charge in [-0.3, -0.25) is 0 Å². The first-order chi connectivity index (χ1) is 45.1. The maximum atomic E-state index is 2.44. The Morgan fingerprint density at radius 1 is 0.198 bits per heavy atom. The molecule has 19 rings (SSSR count). The van der Waals surface area contributed by atoms with Gasteiger partial charge in [0.1, 0.15) is 0 Å². The molecule has 0 atom stereocenters. The van der Waals surface area contributed by atoms with Crippen LogP contribution in [0.25, 0.3) is 153 Å². The molecule has 0 radical (unpaired) electrons. The summed E-state index contributed by atoms with van der Waals surface area (Å²) in [5.41, 5.74) is 17.9. The van der Waals surface area contributed by atoms with Gasteiger partial charge in [-0.2, -0.15) is 0 Å². The lowest BCUT2D eigenvalue weighted by Gasteiger charge is -2.27. The lowest BCUT2D eigenvalue weighted by Crippen LogP contribution is -2.10. The molecule has 3 heteroatoms. The largest absolute Gasteiger partial charge is 0.310 e. The fraction of sp³-hybridized carbons (Fsp3) is 0. The molecule has 0 aliphatic heterocycles. The van der Waals surface area contributed by atoms with Gasteiger partial charge in [0.25, 0.3) is 0 Å². The lowest BCUT2D eigenvalue weighted by molar-refractivity contribution is 1.18. The number of hydrogen-bond donors (Lipinski definition) is 0. The first kappa shape index (κ1) is 52.1. The molecule has 0 unspecified atom stereocenters. The highest BCUT2D eigenvalue weighted by Gasteiger charge is 2.21. The second kappa shape index (κ2) is 21.4. The van der Waals surface area contributed by atoms with E-state index in [0.717, 1.165) is 22.7 Å². The van der Waals surface area contributed by atoms with Crippen LogP contribution in [-0.4, -0.2) is 9.13 Å². The molecule has 0 fully saturated rings. The van der Waals surface area contributed by atoms with E-state index in [4.69, 9.17) is 0 Å². The van der Waals surface area contributed by atoms with Crippen LogP contribution in [0.5, 0.6) is 0 Å². The molecule has 2 aromatic heterocycles. The Labute approximate surface area is 526 Å². The Balaban J connectivity index is 0.000000150. The molecule has 0 spiro atoms. The number of benzene rings is 17. The summed E-state index contributed by atoms with van der Waals surface area (Å²) in [7, 11) is 0. The van der Waals surface area contributed by atoms with E-state index in [2.05, 4.69) is 360 Å². The Morgan fingerprint density at radius 2 is 0.648 bits per heavy atom. The van der Waals surface area contributed by atoms with E-state index in [1.807, 2.05) is 0 Å². The fourth-order valence-electron chi connectivity index (χ4n) is 14.7. The first-order valence-electron chi connectivity index (χ1n) is 31.4. The monoisotopic (exact) mass is 1160 g/mol. The van der Waals surface area contributed by atoms with Gasteiger partial charge < -0.3 is 14.0 Å². The van der Waals surface area contributed by atoms with Gasteiger partial charge in [0.2, 0.25) is 0 Å². The Kier molecular flexibility index (Phi) is 12.2. The van der Waals surface area contributed by atoms with Crippen LogP contribution >= 0.6 is 0 Å². The highest BCUT2D eigenvalue weighted by Crippen LogP contribution is 2.45. The van der Waals surface area contributed by atoms with Crippen molar-refractivity contribution in [2.75, 3.05) is 4.90 Å². The van der Waals surface area contributed by atoms with Crippen LogP contribution in [0.3, 0.4) is 0 Å². The Bertz CT molecular complexity index is 5950. The molecular formula is C88H57N3. The summed E-state index contributed by atoms with van der Waals surface area (Å²) >= 11 is 0. The second-order valence-corrected chi connectivity index (χ2v) is 23.9. The number of anilines is 3. The number of aromatic nitrogens is 2. The minimum atomic E-state index is 1.12. The third-order valence-corrected chi connectivity index (χ3v) is 18.9. The number of nitrogens with zero attached hydrogens (tertiary/aromatic N) is 3. The zero-order valence-corrected chi connectivity index (χ0v) is 49.8. The topological polar surface area (TPSA) is 13.1 Å². The van der Waals surface area contributed by atoms with Crippen LogP contribution in [0.2, 0.25) is 0 Å². The normalized spacial score (nSPS) is 11.7. The van der Waals surface area contributed by atoms with Crippen molar-refractivity contribution in [3.63, 3.8) is 0 Å². The summed E-state index contributed by atoms with van der Waals surface area (Å²) in [5, 5.41) is 20.6. The molecular weight excluding hydrogens is 1100 g/mol. The molecule has 0 bridgehead atoms. The molecule has 0 N–H and O–H groups in total. The van der Waals surface area contributed by atoms with Crippen molar-refractivity contribution >= 4 is 125 Å². The van der Waals surface area contributed by atoms with Crippen molar-refractivity contribution in [1.82, 2.24) is 9.13 Å². The highest BCUT2D eigenvalue weighted by atomic mass is 15.1. The van der Waals surface area contributed by atoms with Crippen molar-refractivity contribution in [2.24, 2.45) is 0 Å². The summed E-state index contributed by atoms with van der Waals surface area (Å²) in [6, 6.07) is 126. The molecule has 0 aliphatic carbocycles. The van der Waals surface area contributed by atoms with Gasteiger partial charge in [0.05, 0.1) is 27.8 Å². The maximum Gasteiger partial charge on any atom is 0.0553 e. The third-order valence-electron chi connectivity index (χ3n) is 18.9. The van der Waals surface area contributed by atoms with E-state index in [0.29, 0.717) is 0 Å². The smallest absolute Gasteiger partial charge is 0.0553 e. The average molecular weight is 1160 g/mol. The Morgan fingerprint density at radius 3 is 1.36 bits per heavy atom. The standard InChI is InChI=1S/C54H36N2.C34H21N/c1-2-17-43(18-3-1)55(51-23-11-16-40-13-5-8-20-48(40)51)44-30-24-37(25-31-44)38-26-32-45(33-27-38)56-52-35-29-41-14-6-9-21-49(41)54(52)50-34-28-42(36-53(50)56)47-22-10-15-39-12-4-7-19-46(39)47;1-2-7-22(8-3-1)23-15-18-27(19-16-23)35-30-12-5-4-11-28(30)34-29-20-17-25-10-6-9-24-13-14-26(21-31(34)35)33(29)32(24)25/h1-36H;1-21H. The molecule has 0 saturated carbocycles. The quantitative estimate of drug-likeness (QED) is 0.138. The van der Waals surface area contributed by atoms with Crippen LogP contribution in [0.15, 0.2) is 346 Å². The van der Waals surface area contributed by atoms with Gasteiger partial charge in [-0.15, -0.1) is 0 Å². The van der Waals surface area contributed by atoms with Crippen molar-refractivity contribution < 1.29 is 0 Å². The van der Waals surface area contributed by atoms with Crippen LogP contribution in [0.4, 0.5) is 17.1 Å². The molecule has 424 valence electrons. The van der Waals surface area contributed by atoms with Gasteiger partial charge in [-0.1, -0.05) is 267 Å². The van der Waals surface area contributed by atoms with Gasteiger partial charge in [-0.05, 0) is 171 Å². The summed E-state index contributed by atoms with van der Waals surface area (Å²) in [6.45, 7) is 0. The van der Waals surface area contributed by atoms with E-state index in [1.54, 1.807) is 0 Å². The molecule has 0 amide bonds. The predicted octanol–water partition coefficient (Wildman–Crippen LogP) is 24.4. The lowest BCUT2D eigenvalue weighted by atomic mass is 9.92. The maximum absolute atomic E-state index is 2.44. The summed E-state index contributed by atoms with van der Waals surface area (Å²) in [6.07, 6.45) is 0. The van der Waals surface area contributed by atoms with E-state index < -0.39 is 0 Å². The number of para-hydroxylation sites is 2. The van der Waals surface area contributed by atoms with Gasteiger partial charge in [0, 0.05) is 49.7 Å². The molecule has 0 aliphatic rings. The second-order valence-electron chi connectivity index (χ2n) is 23.9. The van der Waals surface area contributed by atoms with Crippen molar-refractivity contribution in [3.8, 4) is 44.8 Å². The molecule has 17 aromatic carbocycles. The van der Waals surface area contributed by atoms with E-state index in [1.165, 1.54) is 147 Å². The van der Waals surface area contributed by atoms with E-state index >= 15 is 0 Å². The van der Waals surface area contributed by atoms with Gasteiger partial charge in [0.15, 0.2) is 0 Å². The minimum absolute atomic E-state index is 1.12. The molecule has 19 aromatic rings. The van der Waals surface area contributed by atoms with E-state index in [-0.39, 0.29) is 0 Å². The van der Waals surface area contributed by atoms with Gasteiger partial charge >= 0.3 is 0 Å². The number of hydrogen-bond acceptors (Lipinski definition) is 1. The van der Waals surface area contributed by atoms with Crippen molar-refractivity contribution in [3.05, 3.63) is 346 Å². The Hall–Kier alpha value is -12.0. The van der Waals surface area contributed by atoms with Gasteiger partial charge in [-0.25, -0.2) is 0 Å². The van der Waals surface area contributed by atoms with Crippen LogP contribution in [0, 0.1) is 0 Å². The van der Waals surface area contributed by atoms with Crippen LogP contribution in [-0.2, 0) is 0 Å². The van der Waals surface area contributed by atoms with Crippen LogP contribution < -0.4 is 4.90 Å². The van der Waals surface area contributed by atoms with Crippen LogP contribution in [0.1, 0.15) is 0 Å². The number of fused-ring (bicyclic) bond motifs is 11. The van der Waals surface area contributed by atoms with Crippen molar-refractivity contribution in [1.29, 1.82) is 0 Å². The number of rotatable bonds is 8. The fourth-order valence-corrected chi connectivity index (χ4v) is 14.7. The average Bonchev–Trinajstić information content (AvgIpc) is 1.63. The minimum Gasteiger partial charge on any atom is -0.310 e. The molecule has 0 saturated heterocycles. The first-order valence-corrected chi connectivity index (χ1v) is 31.4. The zero-order chi connectivity index (χ0) is 59.9. The third kappa shape index (κ3) is 8.66. The zero-order valence-electron chi connectivity index (χ0n) is 49.8. The van der Waals surface area contributed by atoms with E-state index in [9.17, 15) is 0 Å². The highest BCUT2D eigenvalue weighted by molar-refractivity contribution is 6.33.